The van der Waals surface area contributed by atoms with E-state index in [0.717, 1.165) is 61.8 Å². The van der Waals surface area contributed by atoms with Crippen molar-refractivity contribution in [3.8, 4) is 5.75 Å². The number of alkyl halides is 3. The average Bonchev–Trinajstić information content (AvgIpc) is 3.44. The van der Waals surface area contributed by atoms with Gasteiger partial charge in [-0.15, -0.1) is 0 Å². The summed E-state index contributed by atoms with van der Waals surface area (Å²) in [7, 11) is 1.14. The van der Waals surface area contributed by atoms with Gasteiger partial charge in [-0.25, -0.2) is 4.79 Å². The third kappa shape index (κ3) is 7.58. The molecule has 7 rings (SSSR count). The molecule has 1 saturated carbocycles. The van der Waals surface area contributed by atoms with Crippen molar-refractivity contribution in [3.05, 3.63) is 86.7 Å². The molecule has 0 N–H and O–H groups in total. The van der Waals surface area contributed by atoms with Gasteiger partial charge in [0.05, 0.1) is 26.9 Å². The van der Waals surface area contributed by atoms with E-state index < -0.39 is 35.3 Å². The number of aromatic nitrogens is 1. The summed E-state index contributed by atoms with van der Waals surface area (Å²) in [5.41, 5.74) is 2.41. The van der Waals surface area contributed by atoms with Crippen LogP contribution in [0.15, 0.2) is 48.7 Å². The summed E-state index contributed by atoms with van der Waals surface area (Å²) in [5, 5.41) is 0.654. The zero-order valence-corrected chi connectivity index (χ0v) is 32.9. The molecule has 1 spiro atoms. The quantitative estimate of drug-likeness (QED) is 0.199. The summed E-state index contributed by atoms with van der Waals surface area (Å²) in [6, 6.07) is 11.5. The van der Waals surface area contributed by atoms with Crippen LogP contribution >= 0.6 is 23.2 Å². The van der Waals surface area contributed by atoms with Crippen LogP contribution in [0.4, 0.5) is 18.9 Å². The number of anilines is 1. The summed E-state index contributed by atoms with van der Waals surface area (Å²) in [6.07, 6.45) is 1.66. The fourth-order valence-corrected chi connectivity index (χ4v) is 10.2. The summed E-state index contributed by atoms with van der Waals surface area (Å²) in [4.78, 5) is 32.5. The minimum Gasteiger partial charge on any atom is -0.493 e. The molecule has 3 atom stereocenters. The normalized spacial score (nSPS) is 25.9. The van der Waals surface area contributed by atoms with E-state index in [9.17, 15) is 22.8 Å². The molecule has 0 unspecified atom stereocenters. The van der Waals surface area contributed by atoms with Crippen molar-refractivity contribution in [2.24, 2.45) is 11.8 Å². The minimum atomic E-state index is -5.27. The van der Waals surface area contributed by atoms with E-state index in [4.69, 9.17) is 42.1 Å². The molecule has 1 saturated heterocycles. The summed E-state index contributed by atoms with van der Waals surface area (Å²) in [5.74, 6) is -1.71. The molecule has 55 heavy (non-hydrogen) atoms. The van der Waals surface area contributed by atoms with Gasteiger partial charge in [-0.1, -0.05) is 43.1 Å². The second-order valence-corrected chi connectivity index (χ2v) is 16.6. The highest BCUT2D eigenvalue weighted by Crippen LogP contribution is 2.58. The van der Waals surface area contributed by atoms with Crippen LogP contribution in [0.1, 0.15) is 105 Å². The average molecular weight is 804 g/mol. The summed E-state index contributed by atoms with van der Waals surface area (Å²) >= 11 is 13.2. The lowest BCUT2D eigenvalue weighted by Crippen LogP contribution is -2.63. The van der Waals surface area contributed by atoms with Crippen molar-refractivity contribution in [2.45, 2.75) is 107 Å². The van der Waals surface area contributed by atoms with E-state index in [0.29, 0.717) is 60.5 Å². The molecule has 0 bridgehead atoms. The first-order valence-corrected chi connectivity index (χ1v) is 19.9. The number of benzene rings is 2. The molecule has 3 aromatic rings. The molecule has 2 aromatic carbocycles. The van der Waals surface area contributed by atoms with Gasteiger partial charge in [-0.3, -0.25) is 14.7 Å². The van der Waals surface area contributed by atoms with Crippen LogP contribution in [-0.4, -0.2) is 55.5 Å². The number of carbonyl (C=O) groups excluding carboxylic acids is 2. The highest BCUT2D eigenvalue weighted by atomic mass is 35.5. The van der Waals surface area contributed by atoms with E-state index in [1.807, 2.05) is 24.4 Å². The standard InChI is InChI=1S/C42H47Cl2F3N2O6/c1-25(24-55-35-11-16-48-34-10-4-7-26(2)36(34)35)19-28-20-27-21-33(44)31(37-53-17-6-18-54-37)23-32(27)40(28)12-14-41(15-13-40,39(51)52-3)49(38(50)42(45,46)47)30-9-5-8-29(43)22-30/h5,8-9,11,16,21-23,25-26,28,37H,4,6-7,10,12-15,17-20,24H2,1-3H3/t25-,26-,28+,40?,41?/m1/s1. The Bertz CT molecular complexity index is 1910. The lowest BCUT2D eigenvalue weighted by Gasteiger charge is -2.51. The van der Waals surface area contributed by atoms with Crippen LogP contribution in [0.25, 0.3) is 0 Å². The lowest BCUT2D eigenvalue weighted by atomic mass is 9.59. The van der Waals surface area contributed by atoms with Gasteiger partial charge in [-0.05, 0) is 135 Å². The van der Waals surface area contributed by atoms with Gasteiger partial charge in [0.1, 0.15) is 11.3 Å². The first-order valence-electron chi connectivity index (χ1n) is 19.2. The number of halogens is 5. The van der Waals surface area contributed by atoms with E-state index >= 15 is 0 Å². The number of rotatable bonds is 9. The Morgan fingerprint density at radius 2 is 1.80 bits per heavy atom. The van der Waals surface area contributed by atoms with E-state index in [1.54, 1.807) is 0 Å². The Morgan fingerprint density at radius 3 is 2.49 bits per heavy atom. The number of ether oxygens (including phenoxy) is 4. The van der Waals surface area contributed by atoms with Crippen molar-refractivity contribution in [3.63, 3.8) is 0 Å². The fraction of sp³-hybridized carbons (Fsp3) is 0.548. The van der Waals surface area contributed by atoms with Crippen molar-refractivity contribution >= 4 is 40.8 Å². The Labute approximate surface area is 330 Å². The first-order chi connectivity index (χ1) is 26.3. The highest BCUT2D eigenvalue weighted by molar-refractivity contribution is 6.31. The predicted octanol–water partition coefficient (Wildman–Crippen LogP) is 9.86. The van der Waals surface area contributed by atoms with E-state index in [-0.39, 0.29) is 35.4 Å². The van der Waals surface area contributed by atoms with Gasteiger partial charge in [0.25, 0.3) is 0 Å². The van der Waals surface area contributed by atoms with Gasteiger partial charge in [-0.2, -0.15) is 13.2 Å². The molecule has 8 nitrogen and oxygen atoms in total. The Hall–Kier alpha value is -3.38. The number of fused-ring (bicyclic) bond motifs is 3. The first kappa shape index (κ1) is 39.8. The maximum Gasteiger partial charge on any atom is 0.471 e. The van der Waals surface area contributed by atoms with Crippen molar-refractivity contribution in [1.82, 2.24) is 4.98 Å². The number of aryl methyl sites for hydroxylation is 1. The topological polar surface area (TPSA) is 87.2 Å². The molecule has 1 aromatic heterocycles. The number of methoxy groups -OCH3 is 1. The molecule has 4 aliphatic rings. The molecule has 3 aliphatic carbocycles. The monoisotopic (exact) mass is 802 g/mol. The van der Waals surface area contributed by atoms with Gasteiger partial charge in [0.2, 0.25) is 0 Å². The zero-order valence-electron chi connectivity index (χ0n) is 31.4. The van der Waals surface area contributed by atoms with E-state index in [1.165, 1.54) is 29.8 Å². The van der Waals surface area contributed by atoms with Gasteiger partial charge in [0, 0.05) is 38.8 Å². The Morgan fingerprint density at radius 1 is 1.05 bits per heavy atom. The molecule has 2 fully saturated rings. The highest BCUT2D eigenvalue weighted by Gasteiger charge is 2.60. The molecule has 1 aliphatic heterocycles. The lowest BCUT2D eigenvalue weighted by molar-refractivity contribution is -0.183. The van der Waals surface area contributed by atoms with Crippen LogP contribution in [0.5, 0.6) is 5.75 Å². The molecule has 13 heteroatoms. The molecule has 296 valence electrons. The zero-order chi connectivity index (χ0) is 39.1. The van der Waals surface area contributed by atoms with Crippen LogP contribution in [0.2, 0.25) is 10.0 Å². The SMILES string of the molecule is COC(=O)C1(N(C(=O)C(F)(F)F)c2cccc(Cl)c2)CCC2(CC1)c1cc(C3OCCCO3)c(Cl)cc1C[C@@H]2C[C@@H](C)COc1ccnc2c1[C@H](C)CCC2. The maximum atomic E-state index is 14.4. The molecule has 1 amide bonds. The van der Waals surface area contributed by atoms with Crippen molar-refractivity contribution < 1.29 is 41.7 Å². The second-order valence-electron chi connectivity index (χ2n) is 15.8. The van der Waals surface area contributed by atoms with Crippen LogP contribution in [0, 0.1) is 11.8 Å². The Kier molecular flexibility index (Phi) is 11.5. The van der Waals surface area contributed by atoms with Crippen LogP contribution in [-0.2, 0) is 42.1 Å². The number of hydrogen-bond donors (Lipinski definition) is 0. The number of esters is 1. The third-order valence-corrected chi connectivity index (χ3v) is 12.9. The van der Waals surface area contributed by atoms with Gasteiger partial charge < -0.3 is 18.9 Å². The predicted molar refractivity (Wildman–Crippen MR) is 203 cm³/mol. The molecule has 2 heterocycles. The number of carbonyl (C=O) groups is 2. The molecular weight excluding hydrogens is 756 g/mol. The smallest absolute Gasteiger partial charge is 0.471 e. The minimum absolute atomic E-state index is 0.0273. The number of hydrogen-bond acceptors (Lipinski definition) is 7. The third-order valence-electron chi connectivity index (χ3n) is 12.3. The van der Waals surface area contributed by atoms with Gasteiger partial charge >= 0.3 is 18.1 Å². The van der Waals surface area contributed by atoms with E-state index in [2.05, 4.69) is 18.8 Å². The van der Waals surface area contributed by atoms with Crippen LogP contribution < -0.4 is 9.64 Å². The van der Waals surface area contributed by atoms with Gasteiger partial charge in [0.15, 0.2) is 6.29 Å². The van der Waals surface area contributed by atoms with Crippen molar-refractivity contribution in [2.75, 3.05) is 31.8 Å². The second kappa shape index (κ2) is 15.9. The number of pyridine rings is 1. The Balaban J connectivity index is 1.24. The summed E-state index contributed by atoms with van der Waals surface area (Å²) in [6.45, 7) is 5.89. The van der Waals surface area contributed by atoms with Crippen molar-refractivity contribution in [1.29, 1.82) is 0 Å². The molecule has 0 radical (unpaired) electrons. The molecular formula is C42H47Cl2F3N2O6. The summed E-state index contributed by atoms with van der Waals surface area (Å²) < 4.78 is 66.9. The largest absolute Gasteiger partial charge is 0.493 e. The fourth-order valence-electron chi connectivity index (χ4n) is 9.75. The number of nitrogens with zero attached hydrogens (tertiary/aromatic N) is 2. The number of amides is 1. The van der Waals surface area contributed by atoms with Crippen LogP contribution in [0.3, 0.4) is 0 Å². The maximum absolute atomic E-state index is 14.4.